The maximum atomic E-state index is 12.8. The van der Waals surface area contributed by atoms with E-state index in [0.29, 0.717) is 43.4 Å². The van der Waals surface area contributed by atoms with Gasteiger partial charge in [0.05, 0.1) is 29.5 Å². The van der Waals surface area contributed by atoms with Gasteiger partial charge in [0.2, 0.25) is 0 Å². The van der Waals surface area contributed by atoms with Crippen LogP contribution in [0.1, 0.15) is 10.6 Å². The van der Waals surface area contributed by atoms with Crippen molar-refractivity contribution in [3.05, 3.63) is 74.9 Å². The van der Waals surface area contributed by atoms with Gasteiger partial charge in [0.15, 0.2) is 5.76 Å². The third-order valence-corrected chi connectivity index (χ3v) is 5.28. The molecule has 0 bridgehead atoms. The normalized spacial score (nSPS) is 13.8. The molecule has 2 aromatic carbocycles. The number of nitro benzene ring substituents is 1. The summed E-state index contributed by atoms with van der Waals surface area (Å²) in [6, 6.07) is 15.3. The van der Waals surface area contributed by atoms with Gasteiger partial charge in [-0.2, -0.15) is 0 Å². The van der Waals surface area contributed by atoms with Crippen molar-refractivity contribution in [1.29, 1.82) is 0 Å². The molecule has 1 saturated heterocycles. The average Bonchev–Trinajstić information content (AvgIpc) is 3.25. The first-order valence-corrected chi connectivity index (χ1v) is 10.1. The quantitative estimate of drug-likeness (QED) is 0.427. The fourth-order valence-corrected chi connectivity index (χ4v) is 3.48. The highest BCUT2D eigenvalue weighted by Gasteiger charge is 2.21. The molecule has 154 valence electrons. The lowest BCUT2D eigenvalue weighted by molar-refractivity contribution is -0.384. The molecule has 0 saturated carbocycles. The van der Waals surface area contributed by atoms with Crippen molar-refractivity contribution in [2.24, 2.45) is 0 Å². The first-order valence-electron chi connectivity index (χ1n) is 9.29. The zero-order valence-corrected chi connectivity index (χ0v) is 17.4. The number of nitrogens with one attached hydrogen (secondary N) is 1. The van der Waals surface area contributed by atoms with E-state index in [-0.39, 0.29) is 11.4 Å². The van der Waals surface area contributed by atoms with E-state index >= 15 is 0 Å². The van der Waals surface area contributed by atoms with Crippen molar-refractivity contribution < 1.29 is 18.9 Å². The lowest BCUT2D eigenvalue weighted by Crippen LogP contribution is -2.36. The van der Waals surface area contributed by atoms with Gasteiger partial charge in [0, 0.05) is 35.3 Å². The van der Waals surface area contributed by atoms with Gasteiger partial charge >= 0.3 is 0 Å². The molecule has 1 aromatic heterocycles. The summed E-state index contributed by atoms with van der Waals surface area (Å²) in [4.78, 5) is 25.5. The monoisotopic (exact) mass is 471 g/mol. The van der Waals surface area contributed by atoms with E-state index in [1.165, 1.54) is 12.1 Å². The zero-order chi connectivity index (χ0) is 21.1. The van der Waals surface area contributed by atoms with E-state index in [1.54, 1.807) is 18.2 Å². The van der Waals surface area contributed by atoms with E-state index < -0.39 is 10.8 Å². The molecule has 1 aliphatic heterocycles. The van der Waals surface area contributed by atoms with Crippen LogP contribution in [0.25, 0.3) is 11.3 Å². The van der Waals surface area contributed by atoms with E-state index in [4.69, 9.17) is 9.15 Å². The van der Waals surface area contributed by atoms with Gasteiger partial charge in [-0.3, -0.25) is 14.9 Å². The Morgan fingerprint density at radius 2 is 1.80 bits per heavy atom. The smallest absolute Gasteiger partial charge is 0.291 e. The number of carbonyl (C=O) groups excluding carboxylic acids is 1. The second-order valence-corrected chi connectivity index (χ2v) is 7.60. The molecular formula is C21H18BrN3O5. The number of benzene rings is 2. The molecule has 0 aliphatic carbocycles. The number of anilines is 2. The average molecular weight is 472 g/mol. The highest BCUT2D eigenvalue weighted by molar-refractivity contribution is 9.10. The first-order chi connectivity index (χ1) is 14.5. The second-order valence-electron chi connectivity index (χ2n) is 6.68. The van der Waals surface area contributed by atoms with E-state index in [9.17, 15) is 14.9 Å². The van der Waals surface area contributed by atoms with Gasteiger partial charge < -0.3 is 19.4 Å². The summed E-state index contributed by atoms with van der Waals surface area (Å²) in [6.45, 7) is 2.20. The fourth-order valence-electron chi connectivity index (χ4n) is 3.22. The number of hydrogen-bond acceptors (Lipinski definition) is 6. The number of amides is 1. The van der Waals surface area contributed by atoms with Gasteiger partial charge in [-0.1, -0.05) is 28.1 Å². The van der Waals surface area contributed by atoms with Crippen LogP contribution in [0.15, 0.2) is 63.5 Å². The number of nitrogens with zero attached hydrogens (tertiary/aromatic N) is 2. The Bertz CT molecular complexity index is 1070. The Kier molecular flexibility index (Phi) is 5.82. The summed E-state index contributed by atoms with van der Waals surface area (Å²) in [7, 11) is 0. The lowest BCUT2D eigenvalue weighted by Gasteiger charge is -2.30. The molecule has 1 aliphatic rings. The fraction of sp³-hybridized carbons (Fsp3) is 0.190. The molecular weight excluding hydrogens is 454 g/mol. The number of nitro groups is 1. The van der Waals surface area contributed by atoms with Crippen LogP contribution in [0.4, 0.5) is 17.1 Å². The van der Waals surface area contributed by atoms with Gasteiger partial charge in [-0.25, -0.2) is 0 Å². The molecule has 9 heteroatoms. The van der Waals surface area contributed by atoms with Crippen LogP contribution in [0.2, 0.25) is 0 Å². The van der Waals surface area contributed by atoms with Crippen LogP contribution in [0.3, 0.4) is 0 Å². The summed E-state index contributed by atoms with van der Waals surface area (Å²) in [5.41, 5.74) is 1.88. The number of rotatable bonds is 5. The van der Waals surface area contributed by atoms with Gasteiger partial charge in [0.25, 0.3) is 11.6 Å². The standard InChI is InChI=1S/C21H18BrN3O5/c22-15-3-1-14(2-4-15)19-7-8-20(30-19)21(26)23-17-6-5-16(25(27)28)13-18(17)24-9-11-29-12-10-24/h1-8,13H,9-12H2,(H,23,26). The molecule has 1 amide bonds. The van der Waals surface area contributed by atoms with Crippen LogP contribution in [-0.2, 0) is 4.74 Å². The Balaban J connectivity index is 1.58. The van der Waals surface area contributed by atoms with Crippen LogP contribution >= 0.6 is 15.9 Å². The Labute approximate surface area is 180 Å². The van der Waals surface area contributed by atoms with E-state index in [2.05, 4.69) is 21.2 Å². The number of carbonyl (C=O) groups is 1. The summed E-state index contributed by atoms with van der Waals surface area (Å²) >= 11 is 3.39. The first kappa shape index (κ1) is 20.1. The SMILES string of the molecule is O=C(Nc1ccc([N+](=O)[O-])cc1N1CCOCC1)c1ccc(-c2ccc(Br)cc2)o1. The third kappa shape index (κ3) is 4.37. The number of morpholine rings is 1. The van der Waals surface area contributed by atoms with Gasteiger partial charge in [-0.05, 0) is 30.3 Å². The maximum Gasteiger partial charge on any atom is 0.291 e. The summed E-state index contributed by atoms with van der Waals surface area (Å²) in [6.07, 6.45) is 0. The molecule has 0 unspecified atom stereocenters. The molecule has 2 heterocycles. The third-order valence-electron chi connectivity index (χ3n) is 4.75. The number of halogens is 1. The predicted molar refractivity (Wildman–Crippen MR) is 116 cm³/mol. The van der Waals surface area contributed by atoms with Crippen LogP contribution in [0, 0.1) is 10.1 Å². The molecule has 0 atom stereocenters. The Hall–Kier alpha value is -3.17. The van der Waals surface area contributed by atoms with Crippen molar-refractivity contribution in [2.45, 2.75) is 0 Å². The summed E-state index contributed by atoms with van der Waals surface area (Å²) < 4.78 is 12.0. The van der Waals surface area contributed by atoms with E-state index in [1.807, 2.05) is 29.2 Å². The largest absolute Gasteiger partial charge is 0.451 e. The Morgan fingerprint density at radius 3 is 2.50 bits per heavy atom. The predicted octanol–water partition coefficient (Wildman–Crippen LogP) is 4.71. The Morgan fingerprint density at radius 1 is 1.07 bits per heavy atom. The molecule has 8 nitrogen and oxygen atoms in total. The minimum Gasteiger partial charge on any atom is -0.451 e. The molecule has 1 N–H and O–H groups in total. The maximum absolute atomic E-state index is 12.8. The van der Waals surface area contributed by atoms with Crippen molar-refractivity contribution in [1.82, 2.24) is 0 Å². The number of ether oxygens (including phenoxy) is 1. The van der Waals surface area contributed by atoms with Crippen molar-refractivity contribution in [2.75, 3.05) is 36.5 Å². The van der Waals surface area contributed by atoms with Gasteiger partial charge in [-0.15, -0.1) is 0 Å². The zero-order valence-electron chi connectivity index (χ0n) is 15.8. The minimum atomic E-state index is -0.452. The molecule has 4 rings (SSSR count). The highest BCUT2D eigenvalue weighted by Crippen LogP contribution is 2.32. The number of furan rings is 1. The minimum absolute atomic E-state index is 0.0370. The van der Waals surface area contributed by atoms with Gasteiger partial charge in [0.1, 0.15) is 5.76 Å². The second kappa shape index (κ2) is 8.68. The van der Waals surface area contributed by atoms with Crippen molar-refractivity contribution in [3.63, 3.8) is 0 Å². The van der Waals surface area contributed by atoms with Crippen LogP contribution in [-0.4, -0.2) is 37.1 Å². The molecule has 3 aromatic rings. The van der Waals surface area contributed by atoms with Crippen molar-refractivity contribution >= 4 is 38.9 Å². The van der Waals surface area contributed by atoms with Crippen molar-refractivity contribution in [3.8, 4) is 11.3 Å². The number of non-ortho nitro benzene ring substituents is 1. The molecule has 0 radical (unpaired) electrons. The lowest BCUT2D eigenvalue weighted by atomic mass is 10.2. The molecule has 0 spiro atoms. The van der Waals surface area contributed by atoms with Crippen LogP contribution < -0.4 is 10.2 Å². The number of hydrogen-bond donors (Lipinski definition) is 1. The molecule has 30 heavy (non-hydrogen) atoms. The molecule has 1 fully saturated rings. The summed E-state index contributed by atoms with van der Waals surface area (Å²) in [5.74, 6) is 0.297. The van der Waals surface area contributed by atoms with Crippen LogP contribution in [0.5, 0.6) is 0 Å². The topological polar surface area (TPSA) is 97.8 Å². The highest BCUT2D eigenvalue weighted by atomic mass is 79.9. The summed E-state index contributed by atoms with van der Waals surface area (Å²) in [5, 5.41) is 14.0. The van der Waals surface area contributed by atoms with E-state index in [0.717, 1.165) is 10.0 Å².